The molecule has 3 nitrogen and oxygen atoms in total. The van der Waals surface area contributed by atoms with Crippen LogP contribution in [-0.2, 0) is 6.42 Å². The summed E-state index contributed by atoms with van der Waals surface area (Å²) in [4.78, 5) is 0. The second-order valence-corrected chi connectivity index (χ2v) is 12.5. The van der Waals surface area contributed by atoms with Crippen molar-refractivity contribution in [2.75, 3.05) is 0 Å². The highest BCUT2D eigenvalue weighted by atomic mass is 15.2. The van der Waals surface area contributed by atoms with Gasteiger partial charge < -0.3 is 0 Å². The zero-order valence-electron chi connectivity index (χ0n) is 26.3. The molecule has 7 aromatic rings. The number of aromatic nitrogens is 3. The van der Waals surface area contributed by atoms with Gasteiger partial charge in [0.2, 0.25) is 17.1 Å². The molecule has 9 rings (SSSR count). The molecule has 0 saturated heterocycles. The van der Waals surface area contributed by atoms with E-state index in [0.717, 1.165) is 6.42 Å². The monoisotopic (exact) mass is 604 g/mol. The maximum Gasteiger partial charge on any atom is 0.381 e. The quantitative estimate of drug-likeness (QED) is 0.179. The second kappa shape index (κ2) is 11.1. The number of hydrogen-bond donors (Lipinski definition) is 0. The molecule has 0 spiro atoms. The fourth-order valence-corrected chi connectivity index (χ4v) is 7.57. The molecule has 4 aromatic carbocycles. The number of hydrogen-bond acceptors (Lipinski definition) is 0. The van der Waals surface area contributed by atoms with Crippen molar-refractivity contribution in [3.8, 4) is 44.9 Å². The molecule has 0 saturated carbocycles. The Morgan fingerprint density at radius 1 is 0.553 bits per heavy atom. The number of nitrogens with zero attached hydrogens (tertiary/aromatic N) is 3. The number of fused-ring (bicyclic) bond motifs is 6. The Labute approximate surface area is 275 Å². The first kappa shape index (κ1) is 27.4. The Kier molecular flexibility index (Phi) is 6.50. The van der Waals surface area contributed by atoms with Gasteiger partial charge in [-0.25, -0.2) is 0 Å². The highest BCUT2D eigenvalue weighted by Gasteiger charge is 2.44. The number of pyridine rings is 3. The van der Waals surface area contributed by atoms with Gasteiger partial charge in [-0.3, -0.25) is 0 Å². The van der Waals surface area contributed by atoms with Gasteiger partial charge in [0.05, 0.1) is 23.1 Å². The maximum atomic E-state index is 2.50. The molecular weight excluding hydrogens is 571 g/mol. The molecule has 47 heavy (non-hydrogen) atoms. The van der Waals surface area contributed by atoms with Crippen LogP contribution in [0.4, 0.5) is 0 Å². The Balaban J connectivity index is 1.28. The molecule has 0 amide bonds. The van der Waals surface area contributed by atoms with E-state index in [-0.39, 0.29) is 6.17 Å². The van der Waals surface area contributed by atoms with Crippen LogP contribution in [-0.4, -0.2) is 0 Å². The van der Waals surface area contributed by atoms with Crippen LogP contribution in [0, 0.1) is 6.92 Å². The van der Waals surface area contributed by atoms with Gasteiger partial charge in [0.25, 0.3) is 0 Å². The molecule has 0 N–H and O–H groups in total. The molecule has 2 aliphatic heterocycles. The van der Waals surface area contributed by atoms with Crippen molar-refractivity contribution in [3.63, 3.8) is 0 Å². The summed E-state index contributed by atoms with van der Waals surface area (Å²) in [5.74, 6) is 0. The van der Waals surface area contributed by atoms with Gasteiger partial charge in [-0.05, 0) is 65.6 Å². The second-order valence-electron chi connectivity index (χ2n) is 12.5. The van der Waals surface area contributed by atoms with Gasteiger partial charge in [0, 0.05) is 42.0 Å². The van der Waals surface area contributed by atoms with E-state index < -0.39 is 0 Å². The summed E-state index contributed by atoms with van der Waals surface area (Å²) in [6.07, 6.45) is 10.0. The number of allylic oxidation sites excluding steroid dienone is 1. The van der Waals surface area contributed by atoms with Gasteiger partial charge in [0.15, 0.2) is 24.3 Å². The van der Waals surface area contributed by atoms with E-state index in [9.17, 15) is 0 Å². The first-order chi connectivity index (χ1) is 23.2. The van der Waals surface area contributed by atoms with Crippen molar-refractivity contribution >= 4 is 11.8 Å². The minimum absolute atomic E-state index is 0.0298. The van der Waals surface area contributed by atoms with Crippen molar-refractivity contribution in [1.82, 2.24) is 0 Å². The van der Waals surface area contributed by atoms with Gasteiger partial charge in [-0.15, -0.1) is 9.13 Å². The highest BCUT2D eigenvalue weighted by molar-refractivity contribution is 5.81. The smallest absolute Gasteiger partial charge is 0.164 e. The summed E-state index contributed by atoms with van der Waals surface area (Å²) in [6.45, 7) is 2.24. The lowest BCUT2D eigenvalue weighted by Crippen LogP contribution is -2.57. The fraction of sp³-hybridized carbons (Fsp3) is 0.0682. The zero-order valence-corrected chi connectivity index (χ0v) is 26.3. The number of rotatable bonds is 4. The predicted octanol–water partition coefficient (Wildman–Crippen LogP) is 8.49. The van der Waals surface area contributed by atoms with Crippen LogP contribution in [0.2, 0.25) is 0 Å². The highest BCUT2D eigenvalue weighted by Crippen LogP contribution is 2.36. The minimum Gasteiger partial charge on any atom is -0.164 e. The summed E-state index contributed by atoms with van der Waals surface area (Å²) in [5, 5.41) is 0. The van der Waals surface area contributed by atoms with Crippen LogP contribution in [0.15, 0.2) is 164 Å². The third-order valence-electron chi connectivity index (χ3n) is 9.73. The molecule has 1 atom stereocenters. The lowest BCUT2D eigenvalue weighted by Gasteiger charge is -2.17. The van der Waals surface area contributed by atoms with Crippen LogP contribution < -0.4 is 13.7 Å². The van der Waals surface area contributed by atoms with Gasteiger partial charge in [-0.1, -0.05) is 78.9 Å². The van der Waals surface area contributed by atoms with Gasteiger partial charge in [0.1, 0.15) is 5.56 Å². The molecule has 2 aliphatic rings. The molecule has 0 radical (unpaired) electrons. The summed E-state index contributed by atoms with van der Waals surface area (Å²) in [6, 6.07) is 52.7. The molecule has 0 aliphatic carbocycles. The van der Waals surface area contributed by atoms with Gasteiger partial charge >= 0.3 is 6.17 Å². The third-order valence-corrected chi connectivity index (χ3v) is 9.73. The lowest BCUT2D eigenvalue weighted by molar-refractivity contribution is -0.920. The Morgan fingerprint density at radius 2 is 1.23 bits per heavy atom. The van der Waals surface area contributed by atoms with E-state index in [1.165, 1.54) is 72.8 Å². The summed E-state index contributed by atoms with van der Waals surface area (Å²) < 4.78 is 7.28. The SMILES string of the molecule is Cc1cc(-c2ccccc2/C=C2\Cc3ccccc3-c3cccc[n+]32)[n+](C2c3ccccc3-c3cccc[n+]32)cc1-c1ccccc1. The maximum absolute atomic E-state index is 2.50. The van der Waals surface area contributed by atoms with Crippen molar-refractivity contribution < 1.29 is 13.7 Å². The topological polar surface area (TPSA) is 11.6 Å². The molecule has 0 bridgehead atoms. The fourth-order valence-electron chi connectivity index (χ4n) is 7.57. The lowest BCUT2D eigenvalue weighted by atomic mass is 9.93. The molecule has 3 aromatic heterocycles. The first-order valence-electron chi connectivity index (χ1n) is 16.3. The van der Waals surface area contributed by atoms with E-state index in [4.69, 9.17) is 0 Å². The van der Waals surface area contributed by atoms with Gasteiger partial charge in [-0.2, -0.15) is 4.57 Å². The average molecular weight is 605 g/mol. The van der Waals surface area contributed by atoms with E-state index >= 15 is 0 Å². The zero-order chi connectivity index (χ0) is 31.3. The molecule has 222 valence electrons. The van der Waals surface area contributed by atoms with Crippen LogP contribution in [0.1, 0.15) is 28.4 Å². The third kappa shape index (κ3) is 4.54. The van der Waals surface area contributed by atoms with Crippen LogP contribution >= 0.6 is 0 Å². The van der Waals surface area contributed by atoms with Crippen molar-refractivity contribution in [3.05, 3.63) is 186 Å². The Hall–Kier alpha value is -5.93. The average Bonchev–Trinajstić information content (AvgIpc) is 3.46. The van der Waals surface area contributed by atoms with E-state index in [2.05, 4.69) is 191 Å². The van der Waals surface area contributed by atoms with E-state index in [1.807, 2.05) is 0 Å². The Morgan fingerprint density at radius 3 is 2.11 bits per heavy atom. The van der Waals surface area contributed by atoms with Crippen molar-refractivity contribution in [2.24, 2.45) is 0 Å². The van der Waals surface area contributed by atoms with Crippen molar-refractivity contribution in [1.29, 1.82) is 0 Å². The number of aryl methyl sites for hydroxylation is 1. The predicted molar refractivity (Wildman–Crippen MR) is 188 cm³/mol. The summed E-state index contributed by atoms with van der Waals surface area (Å²) in [7, 11) is 0. The summed E-state index contributed by atoms with van der Waals surface area (Å²) in [5.41, 5.74) is 16.3. The molecule has 0 fully saturated rings. The standard InChI is InChI=1S/C44H34N3/c1-31-27-43(37-20-8-6-18-34(37)29-35-28-33-17-5-7-19-36(33)41-23-11-13-25-45(35)41)47(30-40(31)32-15-3-2-4-16-32)44-39-22-10-9-21-38(39)42-24-12-14-26-46(42)44/h2-27,29-30,44H,28H2,1H3/q+3/b35-29+. The van der Waals surface area contributed by atoms with E-state index in [1.54, 1.807) is 0 Å². The van der Waals surface area contributed by atoms with E-state index in [0.29, 0.717) is 0 Å². The van der Waals surface area contributed by atoms with Crippen LogP contribution in [0.3, 0.4) is 0 Å². The first-order valence-corrected chi connectivity index (χ1v) is 16.3. The van der Waals surface area contributed by atoms with Crippen LogP contribution in [0.5, 0.6) is 0 Å². The largest absolute Gasteiger partial charge is 0.381 e. The minimum atomic E-state index is -0.0298. The normalized spacial score (nSPS) is 15.1. The Bertz CT molecular complexity index is 2310. The van der Waals surface area contributed by atoms with Crippen LogP contribution in [0.25, 0.3) is 56.7 Å². The molecular formula is C44H34N3+3. The molecule has 3 heteroatoms. The number of benzene rings is 4. The molecule has 1 unspecified atom stereocenters. The van der Waals surface area contributed by atoms with Crippen molar-refractivity contribution in [2.45, 2.75) is 19.5 Å². The summed E-state index contributed by atoms with van der Waals surface area (Å²) >= 11 is 0. The molecule has 5 heterocycles.